The number of hydrogen-bond donors (Lipinski definition) is 0. The second-order valence-electron chi connectivity index (χ2n) is 3.05. The highest BCUT2D eigenvalue weighted by atomic mass is 79.9. The Labute approximate surface area is 90.1 Å². The number of aromatic nitrogens is 1. The van der Waals surface area contributed by atoms with Crippen molar-refractivity contribution in [2.75, 3.05) is 0 Å². The molecule has 2 aromatic rings. The summed E-state index contributed by atoms with van der Waals surface area (Å²) in [6.07, 6.45) is 1.66. The fraction of sp³-hybridized carbons (Fsp3) is 0.0909. The minimum absolute atomic E-state index is 0.0653. The lowest BCUT2D eigenvalue weighted by molar-refractivity contribution is 0.101. The van der Waals surface area contributed by atoms with Gasteiger partial charge in [-0.1, -0.05) is 12.1 Å². The molecule has 2 rings (SSSR count). The van der Waals surface area contributed by atoms with Gasteiger partial charge >= 0.3 is 0 Å². The Hall–Kier alpha value is -1.22. The van der Waals surface area contributed by atoms with Crippen LogP contribution in [0.25, 0.3) is 10.9 Å². The quantitative estimate of drug-likeness (QED) is 0.727. The highest BCUT2D eigenvalue weighted by Gasteiger charge is 2.07. The van der Waals surface area contributed by atoms with Gasteiger partial charge in [0.1, 0.15) is 0 Å². The minimum Gasteiger partial charge on any atom is -0.294 e. The van der Waals surface area contributed by atoms with Crippen LogP contribution < -0.4 is 0 Å². The molecule has 0 N–H and O–H groups in total. The van der Waals surface area contributed by atoms with E-state index in [1.807, 2.05) is 18.2 Å². The summed E-state index contributed by atoms with van der Waals surface area (Å²) in [4.78, 5) is 15.6. The summed E-state index contributed by atoms with van der Waals surface area (Å²) in [6.45, 7) is 1.57. The number of Topliss-reactive ketones (excluding diaryl/α,β-unsaturated/α-hetero) is 1. The van der Waals surface area contributed by atoms with Crippen molar-refractivity contribution in [1.29, 1.82) is 0 Å². The number of ketones is 1. The van der Waals surface area contributed by atoms with Gasteiger partial charge in [0, 0.05) is 21.6 Å². The Bertz CT molecular complexity index is 508. The standard InChI is InChI=1S/C11H8BrNO/c1-7(14)8-5-6-13-11-9(8)3-2-4-10(11)12/h2-6H,1H3. The minimum atomic E-state index is 0.0653. The number of fused-ring (bicyclic) bond motifs is 1. The third kappa shape index (κ3) is 1.44. The van der Waals surface area contributed by atoms with E-state index in [-0.39, 0.29) is 5.78 Å². The first-order valence-electron chi connectivity index (χ1n) is 4.24. The van der Waals surface area contributed by atoms with Crippen LogP contribution in [-0.4, -0.2) is 10.8 Å². The first kappa shape index (κ1) is 9.34. The van der Waals surface area contributed by atoms with Crippen LogP contribution >= 0.6 is 15.9 Å². The molecular formula is C11H8BrNO. The molecule has 1 aromatic heterocycles. The van der Waals surface area contributed by atoms with Gasteiger partial charge in [-0.3, -0.25) is 9.78 Å². The normalized spacial score (nSPS) is 10.4. The second kappa shape index (κ2) is 3.50. The molecule has 0 unspecified atom stereocenters. The molecule has 14 heavy (non-hydrogen) atoms. The van der Waals surface area contributed by atoms with E-state index < -0.39 is 0 Å². The van der Waals surface area contributed by atoms with Gasteiger partial charge in [-0.15, -0.1) is 0 Å². The van der Waals surface area contributed by atoms with Gasteiger partial charge in [0.2, 0.25) is 0 Å². The average molecular weight is 250 g/mol. The molecule has 70 valence electrons. The van der Waals surface area contributed by atoms with Gasteiger partial charge in [0.25, 0.3) is 0 Å². The maximum Gasteiger partial charge on any atom is 0.160 e. The van der Waals surface area contributed by atoms with E-state index >= 15 is 0 Å². The molecule has 0 atom stereocenters. The summed E-state index contributed by atoms with van der Waals surface area (Å²) in [5.41, 5.74) is 1.55. The number of para-hydroxylation sites is 1. The van der Waals surface area contributed by atoms with Crippen molar-refractivity contribution in [2.45, 2.75) is 6.92 Å². The summed E-state index contributed by atoms with van der Waals surface area (Å²) in [7, 11) is 0. The van der Waals surface area contributed by atoms with Crippen LogP contribution in [0.3, 0.4) is 0 Å². The van der Waals surface area contributed by atoms with E-state index in [0.717, 1.165) is 20.9 Å². The summed E-state index contributed by atoms with van der Waals surface area (Å²) in [5.74, 6) is 0.0653. The number of carbonyl (C=O) groups excluding carboxylic acids is 1. The van der Waals surface area contributed by atoms with Gasteiger partial charge in [-0.2, -0.15) is 0 Å². The highest BCUT2D eigenvalue weighted by molar-refractivity contribution is 9.10. The molecule has 0 fully saturated rings. The molecule has 0 aliphatic carbocycles. The van der Waals surface area contributed by atoms with Crippen molar-refractivity contribution >= 4 is 32.6 Å². The maximum absolute atomic E-state index is 11.3. The number of carbonyl (C=O) groups is 1. The molecule has 0 bridgehead atoms. The van der Waals surface area contributed by atoms with Gasteiger partial charge in [-0.25, -0.2) is 0 Å². The van der Waals surface area contributed by atoms with E-state index in [1.165, 1.54) is 0 Å². The van der Waals surface area contributed by atoms with E-state index in [2.05, 4.69) is 20.9 Å². The predicted molar refractivity (Wildman–Crippen MR) is 59.4 cm³/mol. The molecule has 3 heteroatoms. The fourth-order valence-corrected chi connectivity index (χ4v) is 1.92. The molecule has 1 heterocycles. The zero-order valence-corrected chi connectivity index (χ0v) is 9.21. The molecule has 0 saturated heterocycles. The van der Waals surface area contributed by atoms with Crippen molar-refractivity contribution in [3.05, 3.63) is 40.5 Å². The summed E-state index contributed by atoms with van der Waals surface area (Å²) >= 11 is 3.41. The van der Waals surface area contributed by atoms with Gasteiger partial charge in [0.05, 0.1) is 5.52 Å². The van der Waals surface area contributed by atoms with Gasteiger partial charge < -0.3 is 0 Å². The van der Waals surface area contributed by atoms with E-state index in [0.29, 0.717) is 0 Å². The Morgan fingerprint density at radius 3 is 2.86 bits per heavy atom. The van der Waals surface area contributed by atoms with Crippen LogP contribution in [0.2, 0.25) is 0 Å². The zero-order chi connectivity index (χ0) is 10.1. The molecule has 0 spiro atoms. The fourth-order valence-electron chi connectivity index (χ4n) is 1.45. The summed E-state index contributed by atoms with van der Waals surface area (Å²) in [5, 5.41) is 0.898. The van der Waals surface area contributed by atoms with Crippen LogP contribution in [0.4, 0.5) is 0 Å². The summed E-state index contributed by atoms with van der Waals surface area (Å²) in [6, 6.07) is 7.47. The first-order valence-corrected chi connectivity index (χ1v) is 5.03. The molecule has 0 amide bonds. The molecule has 0 radical (unpaired) electrons. The lowest BCUT2D eigenvalue weighted by Gasteiger charge is -2.03. The molecule has 0 aliphatic rings. The third-order valence-electron chi connectivity index (χ3n) is 2.10. The predicted octanol–water partition coefficient (Wildman–Crippen LogP) is 3.20. The van der Waals surface area contributed by atoms with Crippen LogP contribution in [0, 0.1) is 0 Å². The van der Waals surface area contributed by atoms with E-state index in [1.54, 1.807) is 19.2 Å². The molecule has 0 saturated carbocycles. The first-order chi connectivity index (χ1) is 6.70. The monoisotopic (exact) mass is 249 g/mol. The lowest BCUT2D eigenvalue weighted by Crippen LogP contribution is -1.94. The van der Waals surface area contributed by atoms with Crippen molar-refractivity contribution in [3.8, 4) is 0 Å². The van der Waals surface area contributed by atoms with Crippen LogP contribution in [0.5, 0.6) is 0 Å². The Kier molecular flexibility index (Phi) is 2.33. The summed E-state index contributed by atoms with van der Waals surface area (Å²) < 4.78 is 0.915. The average Bonchev–Trinajstić information content (AvgIpc) is 2.17. The molecule has 2 nitrogen and oxygen atoms in total. The van der Waals surface area contributed by atoms with Gasteiger partial charge in [0.15, 0.2) is 5.78 Å². The lowest BCUT2D eigenvalue weighted by atomic mass is 10.1. The van der Waals surface area contributed by atoms with E-state index in [9.17, 15) is 4.79 Å². The number of benzene rings is 1. The maximum atomic E-state index is 11.3. The topological polar surface area (TPSA) is 30.0 Å². The van der Waals surface area contributed by atoms with Crippen molar-refractivity contribution in [2.24, 2.45) is 0 Å². The molecule has 0 aliphatic heterocycles. The van der Waals surface area contributed by atoms with Crippen molar-refractivity contribution in [3.63, 3.8) is 0 Å². The zero-order valence-electron chi connectivity index (χ0n) is 7.62. The van der Waals surface area contributed by atoms with Crippen LogP contribution in [-0.2, 0) is 0 Å². The Morgan fingerprint density at radius 1 is 1.36 bits per heavy atom. The molecule has 1 aromatic carbocycles. The van der Waals surface area contributed by atoms with Crippen molar-refractivity contribution in [1.82, 2.24) is 4.98 Å². The third-order valence-corrected chi connectivity index (χ3v) is 2.74. The Balaban J connectivity index is 2.88. The Morgan fingerprint density at radius 2 is 2.14 bits per heavy atom. The SMILES string of the molecule is CC(=O)c1ccnc2c(Br)cccc12. The van der Waals surface area contributed by atoms with Crippen LogP contribution in [0.15, 0.2) is 34.9 Å². The second-order valence-corrected chi connectivity index (χ2v) is 3.91. The van der Waals surface area contributed by atoms with Crippen LogP contribution in [0.1, 0.15) is 17.3 Å². The number of halogens is 1. The number of pyridine rings is 1. The number of rotatable bonds is 1. The van der Waals surface area contributed by atoms with Gasteiger partial charge in [-0.05, 0) is 35.0 Å². The highest BCUT2D eigenvalue weighted by Crippen LogP contribution is 2.24. The molecular weight excluding hydrogens is 242 g/mol. The van der Waals surface area contributed by atoms with Crippen molar-refractivity contribution < 1.29 is 4.79 Å². The number of hydrogen-bond acceptors (Lipinski definition) is 2. The smallest absolute Gasteiger partial charge is 0.160 e. The largest absolute Gasteiger partial charge is 0.294 e. The number of nitrogens with zero attached hydrogens (tertiary/aromatic N) is 1. The van der Waals surface area contributed by atoms with E-state index in [4.69, 9.17) is 0 Å².